The van der Waals surface area contributed by atoms with Crippen LogP contribution in [-0.4, -0.2) is 58.2 Å². The number of rotatable bonds is 5. The molecule has 1 saturated heterocycles. The van der Waals surface area contributed by atoms with Crippen molar-refractivity contribution in [1.29, 1.82) is 5.26 Å². The molecule has 0 radical (unpaired) electrons. The van der Waals surface area contributed by atoms with E-state index in [4.69, 9.17) is 0 Å². The van der Waals surface area contributed by atoms with Gasteiger partial charge in [-0.05, 0) is 25.0 Å². The average Bonchev–Trinajstić information content (AvgIpc) is 2.56. The van der Waals surface area contributed by atoms with Gasteiger partial charge in [0, 0.05) is 32.4 Å². The number of hydrogen-bond acceptors (Lipinski definition) is 5. The van der Waals surface area contributed by atoms with E-state index in [0.29, 0.717) is 19.0 Å². The molecule has 0 spiro atoms. The summed E-state index contributed by atoms with van der Waals surface area (Å²) in [7, 11) is 0. The molecule has 6 heteroatoms. The fraction of sp³-hybridized carbons (Fsp3) is 0.588. The smallest absolute Gasteiger partial charge is 0.235 e. The molecule has 0 aliphatic carbocycles. The molecule has 0 N–H and O–H groups in total. The van der Waals surface area contributed by atoms with E-state index in [1.165, 1.54) is 11.8 Å². The number of amides is 1. The van der Waals surface area contributed by atoms with Crippen LogP contribution in [0.2, 0.25) is 0 Å². The van der Waals surface area contributed by atoms with E-state index < -0.39 is 0 Å². The Balaban J connectivity index is 1.87. The lowest BCUT2D eigenvalue weighted by molar-refractivity contribution is -0.132. The molecule has 2 heterocycles. The first kappa shape index (κ1) is 17.8. The molecule has 1 amide bonds. The van der Waals surface area contributed by atoms with Crippen LogP contribution in [0.4, 0.5) is 0 Å². The van der Waals surface area contributed by atoms with E-state index in [0.717, 1.165) is 18.1 Å². The summed E-state index contributed by atoms with van der Waals surface area (Å²) in [4.78, 5) is 20.9. The predicted octanol–water partition coefficient (Wildman–Crippen LogP) is 2.25. The van der Waals surface area contributed by atoms with Crippen molar-refractivity contribution in [2.75, 3.05) is 26.2 Å². The molecule has 5 nitrogen and oxygen atoms in total. The van der Waals surface area contributed by atoms with Crippen molar-refractivity contribution < 1.29 is 4.79 Å². The molecule has 1 fully saturated rings. The maximum Gasteiger partial charge on any atom is 0.235 e. The van der Waals surface area contributed by atoms with E-state index in [2.05, 4.69) is 29.8 Å². The number of nitriles is 1. The number of carbonyl (C=O) groups excluding carboxylic acids is 1. The Morgan fingerprint density at radius 3 is 2.48 bits per heavy atom. The zero-order valence-electron chi connectivity index (χ0n) is 14.0. The largest absolute Gasteiger partial charge is 0.339 e. The number of piperazine rings is 1. The lowest BCUT2D eigenvalue weighted by Crippen LogP contribution is -2.54. The van der Waals surface area contributed by atoms with E-state index in [1.807, 2.05) is 30.0 Å². The number of aromatic nitrogens is 1. The highest BCUT2D eigenvalue weighted by atomic mass is 32.2. The van der Waals surface area contributed by atoms with E-state index in [-0.39, 0.29) is 17.2 Å². The Morgan fingerprint density at radius 2 is 1.96 bits per heavy atom. The summed E-state index contributed by atoms with van der Waals surface area (Å²) in [6.45, 7) is 8.98. The molecule has 0 unspecified atom stereocenters. The van der Waals surface area contributed by atoms with Crippen LogP contribution < -0.4 is 0 Å². The van der Waals surface area contributed by atoms with Gasteiger partial charge in [0.2, 0.25) is 5.91 Å². The molecule has 124 valence electrons. The van der Waals surface area contributed by atoms with Crippen molar-refractivity contribution in [3.8, 4) is 6.07 Å². The van der Waals surface area contributed by atoms with Crippen molar-refractivity contribution in [2.45, 2.75) is 37.1 Å². The van der Waals surface area contributed by atoms with Crippen LogP contribution in [-0.2, 0) is 4.79 Å². The van der Waals surface area contributed by atoms with Gasteiger partial charge in [0.25, 0.3) is 0 Å². The van der Waals surface area contributed by atoms with Crippen molar-refractivity contribution >= 4 is 17.7 Å². The van der Waals surface area contributed by atoms with Crippen LogP contribution in [0.3, 0.4) is 0 Å². The van der Waals surface area contributed by atoms with Crippen LogP contribution in [0, 0.1) is 17.2 Å². The number of pyridine rings is 1. The highest BCUT2D eigenvalue weighted by Gasteiger charge is 2.29. The van der Waals surface area contributed by atoms with Gasteiger partial charge in [-0.3, -0.25) is 9.69 Å². The first-order valence-electron chi connectivity index (χ1n) is 8.03. The molecule has 0 saturated carbocycles. The molecule has 2 rings (SSSR count). The van der Waals surface area contributed by atoms with Gasteiger partial charge in [-0.1, -0.05) is 31.7 Å². The summed E-state index contributed by atoms with van der Waals surface area (Å²) >= 11 is 1.49. The monoisotopic (exact) mass is 332 g/mol. The molecular weight excluding hydrogens is 308 g/mol. The van der Waals surface area contributed by atoms with Crippen LogP contribution >= 0.6 is 11.8 Å². The summed E-state index contributed by atoms with van der Waals surface area (Å²) in [5, 5.41) is 10.0. The van der Waals surface area contributed by atoms with E-state index in [1.54, 1.807) is 6.20 Å². The van der Waals surface area contributed by atoms with Crippen LogP contribution in [0.25, 0.3) is 0 Å². The Labute approximate surface area is 142 Å². The van der Waals surface area contributed by atoms with Crippen molar-refractivity contribution in [3.05, 3.63) is 24.4 Å². The summed E-state index contributed by atoms with van der Waals surface area (Å²) in [5.74, 6) is 0.458. The Hall–Kier alpha value is -1.58. The van der Waals surface area contributed by atoms with Gasteiger partial charge in [0.15, 0.2) is 0 Å². The van der Waals surface area contributed by atoms with E-state index in [9.17, 15) is 10.1 Å². The molecule has 0 aromatic carbocycles. The Bertz CT molecular complexity index is 549. The van der Waals surface area contributed by atoms with Gasteiger partial charge < -0.3 is 4.90 Å². The minimum atomic E-state index is -0.145. The molecule has 23 heavy (non-hydrogen) atoms. The van der Waals surface area contributed by atoms with Gasteiger partial charge in [0.05, 0.1) is 16.3 Å². The third-order valence-electron chi connectivity index (χ3n) is 4.07. The normalized spacial score (nSPS) is 18.5. The van der Waals surface area contributed by atoms with Gasteiger partial charge in [0.1, 0.15) is 6.04 Å². The molecule has 0 bridgehead atoms. The standard InChI is InChI=1S/C17H24N4OS/c1-13(2)15(12-18)20-8-10-21(11-9-20)17(22)14(3)23-16-6-4-5-7-19-16/h4-7,13-15H,8-11H2,1-3H3/t14-,15+/m1/s1. The minimum Gasteiger partial charge on any atom is -0.339 e. The molecule has 1 aliphatic rings. The molecule has 1 aliphatic heterocycles. The maximum atomic E-state index is 12.6. The van der Waals surface area contributed by atoms with Gasteiger partial charge in [-0.2, -0.15) is 5.26 Å². The summed E-state index contributed by atoms with van der Waals surface area (Å²) in [6, 6.07) is 8.04. The molecule has 1 aromatic rings. The zero-order chi connectivity index (χ0) is 16.8. The topological polar surface area (TPSA) is 60.2 Å². The third kappa shape index (κ3) is 4.69. The molecular formula is C17H24N4OS. The fourth-order valence-electron chi connectivity index (χ4n) is 2.78. The van der Waals surface area contributed by atoms with Gasteiger partial charge in [-0.25, -0.2) is 4.98 Å². The van der Waals surface area contributed by atoms with Crippen LogP contribution in [0.15, 0.2) is 29.4 Å². The third-order valence-corrected chi connectivity index (χ3v) is 5.10. The number of nitrogens with zero attached hydrogens (tertiary/aromatic N) is 4. The Kier molecular flexibility index (Phi) is 6.43. The predicted molar refractivity (Wildman–Crippen MR) is 91.9 cm³/mol. The average molecular weight is 332 g/mol. The fourth-order valence-corrected chi connectivity index (χ4v) is 3.67. The van der Waals surface area contributed by atoms with Crippen LogP contribution in [0.5, 0.6) is 0 Å². The van der Waals surface area contributed by atoms with Gasteiger partial charge >= 0.3 is 0 Å². The lowest BCUT2D eigenvalue weighted by Gasteiger charge is -2.38. The first-order valence-corrected chi connectivity index (χ1v) is 8.91. The molecule has 2 atom stereocenters. The number of thioether (sulfide) groups is 1. The van der Waals surface area contributed by atoms with Gasteiger partial charge in [-0.15, -0.1) is 0 Å². The Morgan fingerprint density at radius 1 is 1.26 bits per heavy atom. The second-order valence-electron chi connectivity index (χ2n) is 6.11. The SMILES string of the molecule is CC(C)[C@H](C#N)N1CCN(C(=O)[C@@H](C)Sc2ccccn2)CC1. The second kappa shape index (κ2) is 8.32. The summed E-state index contributed by atoms with van der Waals surface area (Å²) in [5.41, 5.74) is 0. The maximum absolute atomic E-state index is 12.6. The first-order chi connectivity index (χ1) is 11.0. The number of carbonyl (C=O) groups is 1. The molecule has 1 aromatic heterocycles. The quantitative estimate of drug-likeness (QED) is 0.774. The van der Waals surface area contributed by atoms with Crippen molar-refractivity contribution in [1.82, 2.24) is 14.8 Å². The van der Waals surface area contributed by atoms with Crippen LogP contribution in [0.1, 0.15) is 20.8 Å². The number of hydrogen-bond donors (Lipinski definition) is 0. The van der Waals surface area contributed by atoms with Crippen molar-refractivity contribution in [3.63, 3.8) is 0 Å². The highest BCUT2D eigenvalue weighted by Crippen LogP contribution is 2.23. The second-order valence-corrected chi connectivity index (χ2v) is 7.47. The highest BCUT2D eigenvalue weighted by molar-refractivity contribution is 8.00. The summed E-state index contributed by atoms with van der Waals surface area (Å²) in [6.07, 6.45) is 1.74. The minimum absolute atomic E-state index is 0.0624. The lowest BCUT2D eigenvalue weighted by atomic mass is 10.0. The summed E-state index contributed by atoms with van der Waals surface area (Å²) < 4.78 is 0. The van der Waals surface area contributed by atoms with Crippen molar-refractivity contribution in [2.24, 2.45) is 5.92 Å². The van der Waals surface area contributed by atoms with E-state index >= 15 is 0 Å². The zero-order valence-corrected chi connectivity index (χ0v) is 14.8.